The molecule has 2 aromatic carbocycles. The third kappa shape index (κ3) is 5.15. The zero-order valence-electron chi connectivity index (χ0n) is 13.5. The highest BCUT2D eigenvalue weighted by Crippen LogP contribution is 2.19. The zero-order valence-corrected chi connectivity index (χ0v) is 15.0. The maximum absolute atomic E-state index is 13.1. The summed E-state index contributed by atoms with van der Waals surface area (Å²) in [5.41, 5.74) is 4.10. The second-order valence-corrected chi connectivity index (χ2v) is 7.35. The fourth-order valence-corrected chi connectivity index (χ4v) is 2.95. The molecule has 9 heteroatoms. The van der Waals surface area contributed by atoms with Crippen LogP contribution < -0.4 is 15.0 Å². The molecule has 2 rings (SSSR count). The number of rotatable bonds is 6. The molecule has 0 saturated carbocycles. The Hall–Kier alpha value is -2.16. The van der Waals surface area contributed by atoms with Gasteiger partial charge in [-0.2, -0.15) is 0 Å². The Morgan fingerprint density at radius 1 is 1.16 bits per heavy atom. The van der Waals surface area contributed by atoms with Gasteiger partial charge >= 0.3 is 0 Å². The van der Waals surface area contributed by atoms with Crippen molar-refractivity contribution in [1.29, 1.82) is 0 Å². The quantitative estimate of drug-likeness (QED) is 0.747. The summed E-state index contributed by atoms with van der Waals surface area (Å²) in [5, 5.41) is -0.340. The van der Waals surface area contributed by atoms with Gasteiger partial charge in [-0.15, -0.1) is 4.83 Å². The number of carbonyl (C=O) groups is 1. The minimum Gasteiger partial charge on any atom is -0.484 e. The second kappa shape index (κ2) is 7.81. The lowest BCUT2D eigenvalue weighted by Crippen LogP contribution is -2.43. The highest BCUT2D eigenvalue weighted by atomic mass is 35.5. The van der Waals surface area contributed by atoms with Gasteiger partial charge in [0.2, 0.25) is 0 Å². The van der Waals surface area contributed by atoms with Crippen molar-refractivity contribution in [1.82, 2.24) is 10.3 Å². The van der Waals surface area contributed by atoms with Gasteiger partial charge in [0.05, 0.1) is 9.92 Å². The van der Waals surface area contributed by atoms with Gasteiger partial charge in [0.1, 0.15) is 11.6 Å². The number of benzene rings is 2. The fraction of sp³-hybridized carbons (Fsp3) is 0.188. The van der Waals surface area contributed by atoms with E-state index in [1.807, 2.05) is 30.2 Å². The predicted octanol–water partition coefficient (Wildman–Crippen LogP) is 2.48. The fourth-order valence-electron chi connectivity index (χ4n) is 1.82. The van der Waals surface area contributed by atoms with Crippen LogP contribution in [0.3, 0.4) is 0 Å². The maximum Gasteiger partial charge on any atom is 0.272 e. The summed E-state index contributed by atoms with van der Waals surface area (Å²) in [6.45, 7) is 3.47. The van der Waals surface area contributed by atoms with Crippen LogP contribution in [0.2, 0.25) is 5.02 Å². The van der Waals surface area contributed by atoms with Gasteiger partial charge in [0.25, 0.3) is 15.9 Å². The number of aryl methyl sites for hydroxylation is 2. The number of nitrogens with one attached hydrogen (secondary N) is 2. The molecule has 0 radical (unpaired) electrons. The molecule has 0 atom stereocenters. The van der Waals surface area contributed by atoms with E-state index in [2.05, 4.69) is 0 Å². The van der Waals surface area contributed by atoms with Crippen LogP contribution in [0.15, 0.2) is 41.3 Å². The van der Waals surface area contributed by atoms with Gasteiger partial charge in [-0.25, -0.2) is 12.8 Å². The van der Waals surface area contributed by atoms with Crippen molar-refractivity contribution in [2.45, 2.75) is 18.7 Å². The molecule has 0 fully saturated rings. The van der Waals surface area contributed by atoms with Crippen molar-refractivity contribution < 1.29 is 22.3 Å². The third-order valence-electron chi connectivity index (χ3n) is 3.37. The highest BCUT2D eigenvalue weighted by Gasteiger charge is 2.17. The van der Waals surface area contributed by atoms with Crippen molar-refractivity contribution in [2.24, 2.45) is 0 Å². The number of halogens is 2. The summed E-state index contributed by atoms with van der Waals surface area (Å²) in [4.78, 5) is 13.3. The van der Waals surface area contributed by atoms with E-state index in [4.69, 9.17) is 16.3 Å². The monoisotopic (exact) mass is 386 g/mol. The number of hydrazine groups is 1. The first-order valence-electron chi connectivity index (χ1n) is 7.15. The highest BCUT2D eigenvalue weighted by molar-refractivity contribution is 7.89. The standard InChI is InChI=1S/C16H16ClFN2O4S/c1-10-3-4-12(7-11(10)2)24-9-16(21)19-20-25(22,23)13-5-6-15(18)14(17)8-13/h3-8,20H,9H2,1-2H3,(H,19,21). The average Bonchev–Trinajstić information content (AvgIpc) is 2.56. The number of hydrogen-bond acceptors (Lipinski definition) is 4. The SMILES string of the molecule is Cc1ccc(OCC(=O)NNS(=O)(=O)c2ccc(F)c(Cl)c2)cc1C. The van der Waals surface area contributed by atoms with Crippen molar-refractivity contribution in [3.63, 3.8) is 0 Å². The molecule has 0 unspecified atom stereocenters. The van der Waals surface area contributed by atoms with Crippen LogP contribution in [-0.4, -0.2) is 20.9 Å². The van der Waals surface area contributed by atoms with Gasteiger partial charge in [-0.1, -0.05) is 17.7 Å². The molecule has 0 aliphatic carbocycles. The van der Waals surface area contributed by atoms with E-state index in [1.54, 1.807) is 12.1 Å². The molecule has 0 aliphatic heterocycles. The average molecular weight is 387 g/mol. The van der Waals surface area contributed by atoms with E-state index in [0.717, 1.165) is 29.3 Å². The maximum atomic E-state index is 13.1. The van der Waals surface area contributed by atoms with E-state index in [1.165, 1.54) is 0 Å². The Balaban J connectivity index is 1.92. The number of ether oxygens (including phenoxy) is 1. The van der Waals surface area contributed by atoms with Crippen LogP contribution in [0, 0.1) is 19.7 Å². The summed E-state index contributed by atoms with van der Waals surface area (Å²) >= 11 is 5.55. The second-order valence-electron chi connectivity index (χ2n) is 5.26. The molecular weight excluding hydrogens is 371 g/mol. The van der Waals surface area contributed by atoms with Crippen LogP contribution >= 0.6 is 11.6 Å². The van der Waals surface area contributed by atoms with Gasteiger partial charge in [0, 0.05) is 0 Å². The molecule has 134 valence electrons. The molecule has 0 spiro atoms. The Morgan fingerprint density at radius 2 is 1.88 bits per heavy atom. The first-order valence-corrected chi connectivity index (χ1v) is 9.01. The van der Waals surface area contributed by atoms with Crippen LogP contribution in [0.5, 0.6) is 5.75 Å². The molecule has 1 amide bonds. The molecule has 0 bridgehead atoms. The Labute approximate surface area is 150 Å². The van der Waals surface area contributed by atoms with Crippen LogP contribution in [0.25, 0.3) is 0 Å². The molecule has 6 nitrogen and oxygen atoms in total. The molecule has 2 N–H and O–H groups in total. The first kappa shape index (κ1) is 19.2. The van der Waals surface area contributed by atoms with Gasteiger partial charge in [0.15, 0.2) is 6.61 Å². The summed E-state index contributed by atoms with van der Waals surface area (Å²) < 4.78 is 42.4. The molecule has 25 heavy (non-hydrogen) atoms. The minimum atomic E-state index is -4.08. The first-order chi connectivity index (χ1) is 11.7. The third-order valence-corrected chi connectivity index (χ3v) is 4.91. The van der Waals surface area contributed by atoms with E-state index >= 15 is 0 Å². The van der Waals surface area contributed by atoms with Gasteiger partial charge in [-0.3, -0.25) is 10.2 Å². The van der Waals surface area contributed by atoms with Crippen molar-refractivity contribution in [3.8, 4) is 5.75 Å². The summed E-state index contributed by atoms with van der Waals surface area (Å²) in [6, 6.07) is 8.22. The molecular formula is C16H16ClFN2O4S. The number of amides is 1. The number of hydrogen-bond donors (Lipinski definition) is 2. The largest absolute Gasteiger partial charge is 0.484 e. The summed E-state index contributed by atoms with van der Waals surface area (Å²) in [5.74, 6) is -0.951. The Bertz CT molecular complexity index is 903. The molecule has 0 aliphatic rings. The van der Waals surface area contributed by atoms with Crippen LogP contribution in [0.1, 0.15) is 11.1 Å². The Morgan fingerprint density at radius 3 is 2.52 bits per heavy atom. The Kier molecular flexibility index (Phi) is 5.99. The zero-order chi connectivity index (χ0) is 18.6. The molecule has 0 saturated heterocycles. The van der Waals surface area contributed by atoms with Crippen molar-refractivity contribution in [2.75, 3.05) is 6.61 Å². The smallest absolute Gasteiger partial charge is 0.272 e. The molecule has 0 aromatic heterocycles. The number of carbonyl (C=O) groups excluding carboxylic acids is 1. The van der Waals surface area contributed by atoms with E-state index in [9.17, 15) is 17.6 Å². The molecule has 0 heterocycles. The van der Waals surface area contributed by atoms with E-state index in [-0.39, 0.29) is 16.5 Å². The van der Waals surface area contributed by atoms with Gasteiger partial charge in [-0.05, 0) is 55.3 Å². The lowest BCUT2D eigenvalue weighted by atomic mass is 10.1. The topological polar surface area (TPSA) is 84.5 Å². The lowest BCUT2D eigenvalue weighted by molar-refractivity contribution is -0.123. The summed E-state index contributed by atoms with van der Waals surface area (Å²) in [7, 11) is -4.08. The van der Waals surface area contributed by atoms with Gasteiger partial charge < -0.3 is 4.74 Å². The minimum absolute atomic E-state index is 0.283. The normalized spacial score (nSPS) is 11.2. The van der Waals surface area contributed by atoms with Crippen LogP contribution in [-0.2, 0) is 14.8 Å². The number of sulfonamides is 1. The van der Waals surface area contributed by atoms with Crippen molar-refractivity contribution >= 4 is 27.5 Å². The van der Waals surface area contributed by atoms with Crippen molar-refractivity contribution in [3.05, 3.63) is 58.4 Å². The van der Waals surface area contributed by atoms with E-state index in [0.29, 0.717) is 5.75 Å². The molecule has 2 aromatic rings. The predicted molar refractivity (Wildman–Crippen MR) is 91.3 cm³/mol. The van der Waals surface area contributed by atoms with E-state index < -0.39 is 21.7 Å². The summed E-state index contributed by atoms with van der Waals surface area (Å²) in [6.07, 6.45) is 0. The van der Waals surface area contributed by atoms with Crippen LogP contribution in [0.4, 0.5) is 4.39 Å². The lowest BCUT2D eigenvalue weighted by Gasteiger charge is -2.10.